The fourth-order valence-electron chi connectivity index (χ4n) is 2.57. The first-order valence-corrected chi connectivity index (χ1v) is 8.01. The van der Waals surface area contributed by atoms with Crippen molar-refractivity contribution >= 4 is 5.78 Å². The van der Waals surface area contributed by atoms with Gasteiger partial charge in [0.15, 0.2) is 5.78 Å². The van der Waals surface area contributed by atoms with Gasteiger partial charge < -0.3 is 0 Å². The van der Waals surface area contributed by atoms with E-state index in [4.69, 9.17) is 0 Å². The summed E-state index contributed by atoms with van der Waals surface area (Å²) in [5, 5.41) is 0. The number of carbonyl (C=O) groups excluding carboxylic acids is 1. The lowest BCUT2D eigenvalue weighted by atomic mass is 9.91. The summed E-state index contributed by atoms with van der Waals surface area (Å²) >= 11 is 0. The van der Waals surface area contributed by atoms with Crippen molar-refractivity contribution in [2.75, 3.05) is 0 Å². The van der Waals surface area contributed by atoms with Gasteiger partial charge in [0, 0.05) is 12.0 Å². The second kappa shape index (κ2) is 7.94. The van der Waals surface area contributed by atoms with Crippen LogP contribution in [0.5, 0.6) is 0 Å². The molecule has 0 aliphatic rings. The molecule has 24 heavy (non-hydrogen) atoms. The van der Waals surface area contributed by atoms with Crippen molar-refractivity contribution in [2.24, 2.45) is 0 Å². The maximum atomic E-state index is 12.8. The second-order valence-corrected chi connectivity index (χ2v) is 5.61. The number of hydrogen-bond donors (Lipinski definition) is 0. The average Bonchev–Trinajstić information content (AvgIpc) is 2.64. The zero-order chi connectivity index (χ0) is 16.6. The molecule has 3 aromatic carbocycles. The van der Waals surface area contributed by atoms with Gasteiger partial charge in [-0.25, -0.2) is 0 Å². The van der Waals surface area contributed by atoms with Crippen molar-refractivity contribution in [2.45, 2.75) is 12.3 Å². The number of benzene rings is 3. The third-order valence-corrected chi connectivity index (χ3v) is 3.81. The number of carbonyl (C=O) groups is 1. The van der Waals surface area contributed by atoms with Gasteiger partial charge in [0.05, 0.1) is 0 Å². The van der Waals surface area contributed by atoms with E-state index < -0.39 is 5.92 Å². The van der Waals surface area contributed by atoms with E-state index in [-0.39, 0.29) is 5.78 Å². The van der Waals surface area contributed by atoms with E-state index in [1.54, 1.807) is 0 Å². The molecule has 1 nitrogen and oxygen atoms in total. The van der Waals surface area contributed by atoms with E-state index in [9.17, 15) is 4.79 Å². The van der Waals surface area contributed by atoms with Crippen LogP contribution in [0, 0.1) is 11.8 Å². The Labute approximate surface area is 143 Å². The molecule has 0 heterocycles. The van der Waals surface area contributed by atoms with Gasteiger partial charge in [0.25, 0.3) is 0 Å². The monoisotopic (exact) mass is 310 g/mol. The molecular formula is C23H18O. The molecule has 0 spiro atoms. The Hall–Kier alpha value is -3.11. The van der Waals surface area contributed by atoms with E-state index in [1.807, 2.05) is 91.0 Å². The van der Waals surface area contributed by atoms with Crippen LogP contribution in [0.3, 0.4) is 0 Å². The molecule has 1 atom stereocenters. The minimum absolute atomic E-state index is 0.121. The summed E-state index contributed by atoms with van der Waals surface area (Å²) in [7, 11) is 0. The van der Waals surface area contributed by atoms with Gasteiger partial charge in [0.2, 0.25) is 0 Å². The Kier molecular flexibility index (Phi) is 5.22. The fourth-order valence-corrected chi connectivity index (χ4v) is 2.57. The molecule has 0 saturated carbocycles. The maximum Gasteiger partial charge on any atom is 0.156 e. The second-order valence-electron chi connectivity index (χ2n) is 5.61. The molecule has 0 amide bonds. The summed E-state index contributed by atoms with van der Waals surface area (Å²) in [5.74, 6) is 6.02. The number of ketones is 1. The minimum Gasteiger partial charge on any atom is -0.298 e. The van der Waals surface area contributed by atoms with Crippen LogP contribution in [0.4, 0.5) is 0 Å². The molecule has 0 radical (unpaired) electrons. The van der Waals surface area contributed by atoms with E-state index in [1.165, 1.54) is 0 Å². The van der Waals surface area contributed by atoms with Crippen molar-refractivity contribution < 1.29 is 4.79 Å². The summed E-state index contributed by atoms with van der Waals surface area (Å²) in [6.07, 6.45) is 0.393. The normalized spacial score (nSPS) is 11.2. The van der Waals surface area contributed by atoms with Gasteiger partial charge in [-0.15, -0.1) is 0 Å². The highest BCUT2D eigenvalue weighted by Gasteiger charge is 2.18. The topological polar surface area (TPSA) is 17.1 Å². The van der Waals surface area contributed by atoms with Gasteiger partial charge in [-0.3, -0.25) is 4.79 Å². The number of Topliss-reactive ketones (excluding diaryl/α,β-unsaturated/α-hetero) is 1. The van der Waals surface area contributed by atoms with Crippen LogP contribution < -0.4 is 0 Å². The Bertz CT molecular complexity index is 840. The quantitative estimate of drug-likeness (QED) is 0.642. The molecule has 1 unspecified atom stereocenters. The third-order valence-electron chi connectivity index (χ3n) is 3.81. The summed E-state index contributed by atoms with van der Waals surface area (Å²) in [6.45, 7) is 0. The van der Waals surface area contributed by atoms with Crippen LogP contribution in [-0.2, 0) is 11.2 Å². The highest BCUT2D eigenvalue weighted by Crippen LogP contribution is 2.18. The number of hydrogen-bond acceptors (Lipinski definition) is 1. The third kappa shape index (κ3) is 4.21. The van der Waals surface area contributed by atoms with Crippen LogP contribution in [0.15, 0.2) is 91.0 Å². The Balaban J connectivity index is 1.88. The van der Waals surface area contributed by atoms with Crippen molar-refractivity contribution in [3.63, 3.8) is 0 Å². The fraction of sp³-hybridized carbons (Fsp3) is 0.0870. The Morgan fingerprint density at radius 2 is 1.29 bits per heavy atom. The predicted molar refractivity (Wildman–Crippen MR) is 97.7 cm³/mol. The van der Waals surface area contributed by atoms with E-state index in [0.717, 1.165) is 16.7 Å². The van der Waals surface area contributed by atoms with Crippen LogP contribution in [0.2, 0.25) is 0 Å². The van der Waals surface area contributed by atoms with Crippen molar-refractivity contribution in [3.8, 4) is 11.8 Å². The minimum atomic E-state index is -0.411. The van der Waals surface area contributed by atoms with Gasteiger partial charge in [-0.05, 0) is 23.3 Å². The first-order valence-electron chi connectivity index (χ1n) is 8.01. The maximum absolute atomic E-state index is 12.8. The van der Waals surface area contributed by atoms with Gasteiger partial charge in [-0.2, -0.15) is 0 Å². The molecular weight excluding hydrogens is 292 g/mol. The lowest BCUT2D eigenvalue weighted by Crippen LogP contribution is -2.13. The van der Waals surface area contributed by atoms with Crippen molar-refractivity contribution in [1.29, 1.82) is 0 Å². The molecule has 0 aliphatic heterocycles. The van der Waals surface area contributed by atoms with E-state index >= 15 is 0 Å². The molecule has 116 valence electrons. The van der Waals surface area contributed by atoms with Crippen LogP contribution >= 0.6 is 0 Å². The predicted octanol–water partition coefficient (Wildman–Crippen LogP) is 4.63. The molecule has 0 fully saturated rings. The first kappa shape index (κ1) is 15.8. The van der Waals surface area contributed by atoms with Gasteiger partial charge >= 0.3 is 0 Å². The molecule has 0 saturated heterocycles. The molecule has 1 heteroatoms. The Morgan fingerprint density at radius 1 is 0.750 bits per heavy atom. The van der Waals surface area contributed by atoms with Gasteiger partial charge in [-0.1, -0.05) is 90.7 Å². The molecule has 3 aromatic rings. The molecule has 0 aliphatic carbocycles. The lowest BCUT2D eigenvalue weighted by molar-refractivity contribution is -0.118. The van der Waals surface area contributed by atoms with Crippen LogP contribution in [0.25, 0.3) is 0 Å². The van der Waals surface area contributed by atoms with Crippen LogP contribution in [0.1, 0.15) is 22.6 Å². The average molecular weight is 310 g/mol. The number of rotatable bonds is 4. The summed E-state index contributed by atoms with van der Waals surface area (Å²) in [5.41, 5.74) is 2.89. The van der Waals surface area contributed by atoms with Gasteiger partial charge in [0.1, 0.15) is 5.92 Å². The molecule has 3 rings (SSSR count). The zero-order valence-corrected chi connectivity index (χ0v) is 13.4. The SMILES string of the molecule is O=C(Cc1ccccc1)C(C#Cc1ccccc1)c1ccccc1. The highest BCUT2D eigenvalue weighted by atomic mass is 16.1. The van der Waals surface area contributed by atoms with Crippen LogP contribution in [-0.4, -0.2) is 5.78 Å². The molecule has 0 N–H and O–H groups in total. The van der Waals surface area contributed by atoms with Crippen molar-refractivity contribution in [3.05, 3.63) is 108 Å². The highest BCUT2D eigenvalue weighted by molar-refractivity contribution is 5.90. The Morgan fingerprint density at radius 3 is 1.92 bits per heavy atom. The van der Waals surface area contributed by atoms with E-state index in [0.29, 0.717) is 6.42 Å². The zero-order valence-electron chi connectivity index (χ0n) is 13.4. The molecule has 0 bridgehead atoms. The standard InChI is InChI=1S/C23H18O/c24-23(18-20-12-6-2-7-13-20)22(21-14-8-3-9-15-21)17-16-19-10-4-1-5-11-19/h1-15,22H,18H2. The smallest absolute Gasteiger partial charge is 0.156 e. The largest absolute Gasteiger partial charge is 0.298 e. The van der Waals surface area contributed by atoms with Crippen molar-refractivity contribution in [1.82, 2.24) is 0 Å². The molecule has 0 aromatic heterocycles. The summed E-state index contributed by atoms with van der Waals surface area (Å²) in [6, 6.07) is 29.4. The van der Waals surface area contributed by atoms with E-state index in [2.05, 4.69) is 11.8 Å². The first-order chi connectivity index (χ1) is 11.8. The lowest BCUT2D eigenvalue weighted by Gasteiger charge is -2.10. The summed E-state index contributed by atoms with van der Waals surface area (Å²) < 4.78 is 0. The summed E-state index contributed by atoms with van der Waals surface area (Å²) in [4.78, 5) is 12.8.